The lowest BCUT2D eigenvalue weighted by atomic mass is 9.83. The maximum absolute atomic E-state index is 4.80. The van der Waals surface area contributed by atoms with E-state index >= 15 is 0 Å². The van der Waals surface area contributed by atoms with E-state index in [2.05, 4.69) is 39.5 Å². The third-order valence-electron chi connectivity index (χ3n) is 2.96. The summed E-state index contributed by atoms with van der Waals surface area (Å²) in [6, 6.07) is 0. The Balaban J connectivity index is 4.59. The molecular weight excluding hydrogens is 200 g/mol. The van der Waals surface area contributed by atoms with Crippen molar-refractivity contribution < 1.29 is 0 Å². The van der Waals surface area contributed by atoms with E-state index in [9.17, 15) is 0 Å². The maximum atomic E-state index is 4.80. The van der Waals surface area contributed by atoms with Crippen molar-refractivity contribution in [1.29, 1.82) is 0 Å². The van der Waals surface area contributed by atoms with Crippen molar-refractivity contribution >= 4 is 12.6 Å². The Morgan fingerprint density at radius 3 is 2.33 bits per heavy atom. The highest BCUT2D eigenvalue weighted by Gasteiger charge is 2.28. The number of unbranched alkanes of at least 4 members (excludes halogenated alkanes) is 1. The first kappa shape index (κ1) is 14.8. The molecule has 0 aromatic heterocycles. The smallest absolute Gasteiger partial charge is 0.0513 e. The zero-order chi connectivity index (χ0) is 11.7. The van der Waals surface area contributed by atoms with Crippen LogP contribution < -0.4 is 0 Å². The summed E-state index contributed by atoms with van der Waals surface area (Å²) in [6.45, 7) is 10.5. The van der Waals surface area contributed by atoms with Gasteiger partial charge in [0.1, 0.15) is 0 Å². The molecule has 1 heteroatoms. The minimum absolute atomic E-state index is 0.111. The summed E-state index contributed by atoms with van der Waals surface area (Å²) in [4.78, 5) is 0. The van der Waals surface area contributed by atoms with Crippen molar-refractivity contribution in [2.24, 2.45) is 5.92 Å². The number of hydrogen-bond donors (Lipinski definition) is 1. The minimum atomic E-state index is -0.111. The van der Waals surface area contributed by atoms with Gasteiger partial charge in [-0.3, -0.25) is 0 Å². The van der Waals surface area contributed by atoms with Gasteiger partial charge in [0.05, 0.1) is 4.75 Å². The molecule has 0 amide bonds. The molecule has 2 atom stereocenters. The highest BCUT2D eigenvalue weighted by atomic mass is 32.1. The van der Waals surface area contributed by atoms with Gasteiger partial charge < -0.3 is 0 Å². The number of thiol groups is 1. The molecule has 0 bridgehead atoms. The Morgan fingerprint density at radius 1 is 1.27 bits per heavy atom. The van der Waals surface area contributed by atoms with Gasteiger partial charge in [0.25, 0.3) is 0 Å². The van der Waals surface area contributed by atoms with Crippen LogP contribution in [0.2, 0.25) is 0 Å². The molecule has 15 heavy (non-hydrogen) atoms. The van der Waals surface area contributed by atoms with Crippen molar-refractivity contribution in [1.82, 2.24) is 0 Å². The monoisotopic (exact) mass is 226 g/mol. The van der Waals surface area contributed by atoms with Crippen LogP contribution in [0.4, 0.5) is 0 Å². The molecule has 0 saturated heterocycles. The van der Waals surface area contributed by atoms with Crippen LogP contribution in [-0.4, -0.2) is 4.75 Å². The normalized spacial score (nSPS) is 17.6. The third kappa shape index (κ3) is 4.92. The van der Waals surface area contributed by atoms with Crippen LogP contribution in [0, 0.1) is 5.92 Å². The topological polar surface area (TPSA) is 0 Å². The molecule has 0 N–H and O–H groups in total. The zero-order valence-corrected chi connectivity index (χ0v) is 11.4. The fourth-order valence-electron chi connectivity index (χ4n) is 2.04. The lowest BCUT2D eigenvalue weighted by molar-refractivity contribution is 0.401. The molecule has 0 nitrogen and oxygen atoms in total. The molecule has 0 saturated carbocycles. The van der Waals surface area contributed by atoms with E-state index < -0.39 is 0 Å². The van der Waals surface area contributed by atoms with Crippen LogP contribution in [0.3, 0.4) is 0 Å². The van der Waals surface area contributed by atoms with Crippen molar-refractivity contribution in [2.75, 3.05) is 0 Å². The van der Waals surface area contributed by atoms with E-state index in [1.54, 1.807) is 0 Å². The standard InChI is InChI=1S/C14H26S/c1-5-9-11-13(10-6-2)14(15,8-4)12-7-3/h7-8,12-13,15H,4-6,9-11H2,1-3H3/b12-7-. The second-order valence-electron chi connectivity index (χ2n) is 4.22. The summed E-state index contributed by atoms with van der Waals surface area (Å²) in [5.74, 6) is 0.625. The Morgan fingerprint density at radius 2 is 1.93 bits per heavy atom. The number of rotatable bonds is 8. The van der Waals surface area contributed by atoms with Crippen molar-refractivity contribution in [3.63, 3.8) is 0 Å². The molecule has 0 aliphatic heterocycles. The van der Waals surface area contributed by atoms with E-state index in [-0.39, 0.29) is 4.75 Å². The number of allylic oxidation sites excluding steroid dienone is 1. The minimum Gasteiger partial charge on any atom is -0.164 e. The summed E-state index contributed by atoms with van der Waals surface area (Å²) >= 11 is 4.80. The molecule has 0 rings (SSSR count). The lowest BCUT2D eigenvalue weighted by Crippen LogP contribution is -2.27. The van der Waals surface area contributed by atoms with Crippen LogP contribution >= 0.6 is 12.6 Å². The average molecular weight is 226 g/mol. The summed E-state index contributed by atoms with van der Waals surface area (Å²) in [6.07, 6.45) is 12.5. The summed E-state index contributed by atoms with van der Waals surface area (Å²) in [7, 11) is 0. The molecule has 0 aromatic rings. The van der Waals surface area contributed by atoms with Crippen LogP contribution in [-0.2, 0) is 0 Å². The van der Waals surface area contributed by atoms with Crippen LogP contribution in [0.25, 0.3) is 0 Å². The molecule has 0 radical (unpaired) electrons. The molecule has 0 heterocycles. The van der Waals surface area contributed by atoms with Crippen LogP contribution in [0.15, 0.2) is 24.8 Å². The Kier molecular flexibility index (Phi) is 7.95. The third-order valence-corrected chi connectivity index (χ3v) is 3.65. The molecular formula is C14H26S. The SMILES string of the molecule is C=CC(S)(/C=C\C)C(CCC)CCCC. The molecule has 0 aromatic carbocycles. The maximum Gasteiger partial charge on any atom is 0.0513 e. The second kappa shape index (κ2) is 8.04. The fraction of sp³-hybridized carbons (Fsp3) is 0.714. The molecule has 0 spiro atoms. The highest BCUT2D eigenvalue weighted by Crippen LogP contribution is 2.35. The van der Waals surface area contributed by atoms with Gasteiger partial charge in [-0.05, 0) is 25.7 Å². The van der Waals surface area contributed by atoms with E-state index in [0.717, 1.165) is 0 Å². The average Bonchev–Trinajstić information content (AvgIpc) is 2.24. The van der Waals surface area contributed by atoms with Gasteiger partial charge in [-0.15, -0.1) is 6.58 Å². The van der Waals surface area contributed by atoms with Crippen molar-refractivity contribution in [2.45, 2.75) is 57.6 Å². The van der Waals surface area contributed by atoms with Crippen LogP contribution in [0.1, 0.15) is 52.9 Å². The van der Waals surface area contributed by atoms with Gasteiger partial charge in [-0.2, -0.15) is 12.6 Å². The quantitative estimate of drug-likeness (QED) is 0.436. The lowest BCUT2D eigenvalue weighted by Gasteiger charge is -2.31. The van der Waals surface area contributed by atoms with Crippen molar-refractivity contribution in [3.05, 3.63) is 24.8 Å². The van der Waals surface area contributed by atoms with E-state index in [1.165, 1.54) is 32.1 Å². The second-order valence-corrected chi connectivity index (χ2v) is 4.99. The van der Waals surface area contributed by atoms with Gasteiger partial charge in [0.2, 0.25) is 0 Å². The fourth-order valence-corrected chi connectivity index (χ4v) is 2.45. The van der Waals surface area contributed by atoms with E-state index in [1.807, 2.05) is 6.08 Å². The number of hydrogen-bond acceptors (Lipinski definition) is 1. The van der Waals surface area contributed by atoms with Gasteiger partial charge in [0, 0.05) is 0 Å². The molecule has 0 aliphatic carbocycles. The molecule has 2 unspecified atom stereocenters. The first-order chi connectivity index (χ1) is 7.14. The predicted molar refractivity (Wildman–Crippen MR) is 74.7 cm³/mol. The van der Waals surface area contributed by atoms with Crippen molar-refractivity contribution in [3.8, 4) is 0 Å². The first-order valence-electron chi connectivity index (χ1n) is 6.14. The Labute approximate surface area is 101 Å². The largest absolute Gasteiger partial charge is 0.164 e. The Hall–Kier alpha value is -0.170. The summed E-state index contributed by atoms with van der Waals surface area (Å²) in [5.41, 5.74) is 0. The summed E-state index contributed by atoms with van der Waals surface area (Å²) < 4.78 is -0.111. The van der Waals surface area contributed by atoms with E-state index in [4.69, 9.17) is 12.6 Å². The van der Waals surface area contributed by atoms with Gasteiger partial charge >= 0.3 is 0 Å². The first-order valence-corrected chi connectivity index (χ1v) is 6.59. The molecule has 88 valence electrons. The van der Waals surface area contributed by atoms with Gasteiger partial charge in [-0.1, -0.05) is 51.3 Å². The van der Waals surface area contributed by atoms with Gasteiger partial charge in [-0.25, -0.2) is 0 Å². The molecule has 0 aliphatic rings. The van der Waals surface area contributed by atoms with E-state index in [0.29, 0.717) is 5.92 Å². The zero-order valence-electron chi connectivity index (χ0n) is 10.5. The predicted octanol–water partition coefficient (Wildman–Crippen LogP) is 5.02. The van der Waals surface area contributed by atoms with Crippen LogP contribution in [0.5, 0.6) is 0 Å². The Bertz CT molecular complexity index is 196. The molecule has 0 fully saturated rings. The summed E-state index contributed by atoms with van der Waals surface area (Å²) in [5, 5.41) is 0. The van der Waals surface area contributed by atoms with Gasteiger partial charge in [0.15, 0.2) is 0 Å². The highest BCUT2D eigenvalue weighted by molar-refractivity contribution is 7.82.